The van der Waals surface area contributed by atoms with Crippen molar-refractivity contribution >= 4 is 17.4 Å². The maximum atomic E-state index is 11.3. The first-order chi connectivity index (χ1) is 7.38. The maximum Gasteiger partial charge on any atom is 0.407 e. The van der Waals surface area contributed by atoms with E-state index in [0.717, 1.165) is 5.56 Å². The van der Waals surface area contributed by atoms with Crippen molar-refractivity contribution in [3.63, 3.8) is 0 Å². The van der Waals surface area contributed by atoms with Gasteiger partial charge in [0, 0.05) is 12.1 Å². The lowest BCUT2D eigenvalue weighted by molar-refractivity contribution is 0.0528. The monoisotopic (exact) mass is 243 g/mol. The highest BCUT2D eigenvalue weighted by atomic mass is 32.1. The molecule has 16 heavy (non-hydrogen) atoms. The average molecular weight is 243 g/mol. The zero-order valence-corrected chi connectivity index (χ0v) is 10.6. The van der Waals surface area contributed by atoms with Gasteiger partial charge in [-0.05, 0) is 38.6 Å². The molecule has 0 radical (unpaired) electrons. The summed E-state index contributed by atoms with van der Waals surface area (Å²) in [5.41, 5.74) is 0.371. The predicted octanol–water partition coefficient (Wildman–Crippen LogP) is 2.52. The molecular formula is C11H17NO3S. The third-order valence-electron chi connectivity index (χ3n) is 1.79. The topological polar surface area (TPSA) is 58.6 Å². The van der Waals surface area contributed by atoms with Crippen LogP contribution >= 0.6 is 11.3 Å². The van der Waals surface area contributed by atoms with Crippen LogP contribution in [0.1, 0.15) is 26.3 Å². The van der Waals surface area contributed by atoms with Crippen LogP contribution in [-0.2, 0) is 11.2 Å². The Balaban J connectivity index is 2.26. The van der Waals surface area contributed by atoms with Gasteiger partial charge in [-0.25, -0.2) is 4.79 Å². The van der Waals surface area contributed by atoms with Gasteiger partial charge in [-0.15, -0.1) is 11.3 Å². The Morgan fingerprint density at radius 3 is 2.75 bits per heavy atom. The Labute approximate surface area is 99.2 Å². The summed E-state index contributed by atoms with van der Waals surface area (Å²) in [6.07, 6.45) is 0.177. The van der Waals surface area contributed by atoms with Gasteiger partial charge in [0.2, 0.25) is 0 Å². The van der Waals surface area contributed by atoms with E-state index in [1.807, 2.05) is 32.2 Å². The van der Waals surface area contributed by atoms with Gasteiger partial charge in [-0.2, -0.15) is 0 Å². The number of ether oxygens (including phenoxy) is 1. The first-order valence-corrected chi connectivity index (χ1v) is 5.98. The third-order valence-corrected chi connectivity index (χ3v) is 2.54. The largest absolute Gasteiger partial charge is 0.499 e. The summed E-state index contributed by atoms with van der Waals surface area (Å²) in [5.74, 6) is 0. The highest BCUT2D eigenvalue weighted by Crippen LogP contribution is 2.23. The van der Waals surface area contributed by atoms with E-state index in [2.05, 4.69) is 5.32 Å². The predicted molar refractivity (Wildman–Crippen MR) is 63.9 cm³/mol. The quantitative estimate of drug-likeness (QED) is 0.857. The van der Waals surface area contributed by atoms with E-state index in [1.165, 1.54) is 11.3 Å². The molecule has 0 atom stereocenters. The molecule has 0 saturated heterocycles. The van der Waals surface area contributed by atoms with Crippen LogP contribution in [0.25, 0.3) is 0 Å². The van der Waals surface area contributed by atoms with Crippen molar-refractivity contribution in [1.29, 1.82) is 0 Å². The average Bonchev–Trinajstić information content (AvgIpc) is 2.48. The van der Waals surface area contributed by atoms with E-state index >= 15 is 0 Å². The maximum absolute atomic E-state index is 11.3. The van der Waals surface area contributed by atoms with Gasteiger partial charge >= 0.3 is 6.09 Å². The number of carbonyl (C=O) groups is 1. The van der Waals surface area contributed by atoms with Crippen LogP contribution in [-0.4, -0.2) is 23.3 Å². The summed E-state index contributed by atoms with van der Waals surface area (Å²) < 4.78 is 5.08. The minimum absolute atomic E-state index is 0.311. The molecule has 1 aromatic rings. The fourth-order valence-corrected chi connectivity index (χ4v) is 1.81. The standard InChI is InChI=1S/C11H17NO3S/c1-11(2,3)15-10(14)12-6-4-8-5-7-16-9(8)13/h5,7,13H,4,6H2,1-3H3,(H,12,14). The van der Waals surface area contributed by atoms with E-state index in [0.29, 0.717) is 18.0 Å². The summed E-state index contributed by atoms with van der Waals surface area (Å²) in [6.45, 7) is 5.91. The summed E-state index contributed by atoms with van der Waals surface area (Å²) >= 11 is 1.28. The fraction of sp³-hybridized carbons (Fsp3) is 0.545. The molecule has 1 heterocycles. The second-order valence-corrected chi connectivity index (χ2v) is 5.32. The van der Waals surface area contributed by atoms with Crippen LogP contribution in [0.2, 0.25) is 0 Å². The van der Waals surface area contributed by atoms with Crippen LogP contribution in [0.3, 0.4) is 0 Å². The van der Waals surface area contributed by atoms with Crippen molar-refractivity contribution in [2.45, 2.75) is 32.8 Å². The third kappa shape index (κ3) is 4.53. The normalized spacial score (nSPS) is 11.2. The van der Waals surface area contributed by atoms with Gasteiger partial charge < -0.3 is 15.2 Å². The Morgan fingerprint density at radius 2 is 2.25 bits per heavy atom. The van der Waals surface area contributed by atoms with Crippen LogP contribution < -0.4 is 5.32 Å². The highest BCUT2D eigenvalue weighted by molar-refractivity contribution is 7.11. The van der Waals surface area contributed by atoms with Gasteiger partial charge in [-0.1, -0.05) is 0 Å². The molecule has 0 aliphatic carbocycles. The van der Waals surface area contributed by atoms with E-state index < -0.39 is 11.7 Å². The molecule has 0 bridgehead atoms. The summed E-state index contributed by atoms with van der Waals surface area (Å²) in [4.78, 5) is 11.3. The lowest BCUT2D eigenvalue weighted by atomic mass is 10.2. The molecule has 2 N–H and O–H groups in total. The number of aromatic hydroxyl groups is 1. The molecule has 1 amide bonds. The molecule has 0 unspecified atom stereocenters. The molecule has 1 aromatic heterocycles. The molecule has 0 aliphatic rings. The molecule has 4 nitrogen and oxygen atoms in total. The Morgan fingerprint density at radius 1 is 1.56 bits per heavy atom. The number of amides is 1. The molecule has 0 aliphatic heterocycles. The van der Waals surface area contributed by atoms with Crippen LogP contribution in [0.15, 0.2) is 11.4 Å². The SMILES string of the molecule is CC(C)(C)OC(=O)NCCc1ccsc1O. The summed E-state index contributed by atoms with van der Waals surface area (Å²) in [6, 6.07) is 1.84. The Hall–Kier alpha value is -1.23. The van der Waals surface area contributed by atoms with Gasteiger partial charge in [0.25, 0.3) is 0 Å². The first-order valence-electron chi connectivity index (χ1n) is 5.10. The number of carbonyl (C=O) groups excluding carboxylic acids is 1. The van der Waals surface area contributed by atoms with Crippen molar-refractivity contribution in [2.75, 3.05) is 6.54 Å². The number of alkyl carbamates (subject to hydrolysis) is 1. The van der Waals surface area contributed by atoms with Crippen molar-refractivity contribution in [3.05, 3.63) is 17.0 Å². The highest BCUT2D eigenvalue weighted by Gasteiger charge is 2.15. The zero-order chi connectivity index (χ0) is 12.2. The van der Waals surface area contributed by atoms with E-state index in [1.54, 1.807) is 0 Å². The van der Waals surface area contributed by atoms with Crippen molar-refractivity contribution in [3.8, 4) is 5.06 Å². The van der Waals surface area contributed by atoms with E-state index in [9.17, 15) is 9.90 Å². The van der Waals surface area contributed by atoms with Crippen molar-refractivity contribution in [2.24, 2.45) is 0 Å². The number of hydrogen-bond donors (Lipinski definition) is 2. The van der Waals surface area contributed by atoms with Crippen molar-refractivity contribution in [1.82, 2.24) is 5.32 Å². The molecule has 0 saturated carbocycles. The van der Waals surface area contributed by atoms with Gasteiger partial charge in [0.15, 0.2) is 5.06 Å². The molecule has 0 fully saturated rings. The van der Waals surface area contributed by atoms with Gasteiger partial charge in [0.1, 0.15) is 5.60 Å². The number of thiophene rings is 1. The van der Waals surface area contributed by atoms with Crippen molar-refractivity contribution < 1.29 is 14.6 Å². The molecule has 90 valence electrons. The minimum Gasteiger partial charge on any atom is -0.499 e. The first kappa shape index (κ1) is 12.8. The number of rotatable bonds is 3. The van der Waals surface area contributed by atoms with E-state index in [4.69, 9.17) is 4.74 Å². The lowest BCUT2D eigenvalue weighted by Crippen LogP contribution is -2.33. The second kappa shape index (κ2) is 5.21. The minimum atomic E-state index is -0.478. The molecule has 0 spiro atoms. The molecule has 0 aromatic carbocycles. The smallest absolute Gasteiger partial charge is 0.407 e. The molecular weight excluding hydrogens is 226 g/mol. The van der Waals surface area contributed by atoms with Crippen LogP contribution in [0.4, 0.5) is 4.79 Å². The summed E-state index contributed by atoms with van der Waals surface area (Å²) in [7, 11) is 0. The summed E-state index contributed by atoms with van der Waals surface area (Å²) in [5, 5.41) is 14.1. The second-order valence-electron chi connectivity index (χ2n) is 4.43. The van der Waals surface area contributed by atoms with Gasteiger partial charge in [-0.3, -0.25) is 0 Å². The number of hydrogen-bond acceptors (Lipinski definition) is 4. The lowest BCUT2D eigenvalue weighted by Gasteiger charge is -2.19. The Kier molecular flexibility index (Phi) is 4.18. The van der Waals surface area contributed by atoms with Crippen LogP contribution in [0, 0.1) is 0 Å². The Bertz CT molecular complexity index is 354. The van der Waals surface area contributed by atoms with E-state index in [-0.39, 0.29) is 0 Å². The molecule has 1 rings (SSSR count). The zero-order valence-electron chi connectivity index (χ0n) is 9.74. The van der Waals surface area contributed by atoms with Gasteiger partial charge in [0.05, 0.1) is 0 Å². The fourth-order valence-electron chi connectivity index (χ4n) is 1.13. The van der Waals surface area contributed by atoms with Crippen LogP contribution in [0.5, 0.6) is 5.06 Å². The molecule has 5 heteroatoms. The number of nitrogens with one attached hydrogen (secondary N) is 1.